The zero-order valence-corrected chi connectivity index (χ0v) is 8.72. The van der Waals surface area contributed by atoms with E-state index in [4.69, 9.17) is 9.29 Å². The minimum Gasteiger partial charge on any atom is -0.495 e. The van der Waals surface area contributed by atoms with E-state index in [1.54, 1.807) is 12.1 Å². The van der Waals surface area contributed by atoms with Crippen LogP contribution in [0.3, 0.4) is 0 Å². The lowest BCUT2D eigenvalue weighted by Crippen LogP contribution is -2.23. The van der Waals surface area contributed by atoms with Gasteiger partial charge in [0, 0.05) is 0 Å². The fourth-order valence-electron chi connectivity index (χ4n) is 1.02. The molecule has 5 nitrogen and oxygen atoms in total. The van der Waals surface area contributed by atoms with Gasteiger partial charge in [-0.25, -0.2) is 4.21 Å². The monoisotopic (exact) mass is 216 g/mol. The summed E-state index contributed by atoms with van der Waals surface area (Å²) in [6.45, 7) is 1.92. The van der Waals surface area contributed by atoms with E-state index in [1.807, 2.05) is 13.0 Å². The molecule has 1 aromatic carbocycles. The summed E-state index contributed by atoms with van der Waals surface area (Å²) in [4.78, 5) is 2.16. The first-order valence-corrected chi connectivity index (χ1v) is 5.01. The summed E-state index contributed by atoms with van der Waals surface area (Å²) in [5.41, 5.74) is 4.23. The molecule has 0 fully saturated rings. The molecule has 0 spiro atoms. The molecule has 3 N–H and O–H groups in total. The normalized spacial score (nSPS) is 12.2. The van der Waals surface area contributed by atoms with Crippen molar-refractivity contribution >= 4 is 17.0 Å². The lowest BCUT2D eigenvalue weighted by Gasteiger charge is -2.10. The van der Waals surface area contributed by atoms with Crippen LogP contribution in [0.4, 0.5) is 5.69 Å². The van der Waals surface area contributed by atoms with Gasteiger partial charge in [0.15, 0.2) is 0 Å². The highest BCUT2D eigenvalue weighted by molar-refractivity contribution is 7.77. The molecule has 0 aromatic heterocycles. The van der Waals surface area contributed by atoms with Crippen LogP contribution in [-0.2, 0) is 11.3 Å². The maximum Gasteiger partial charge on any atom is 0.250 e. The Morgan fingerprint density at radius 3 is 2.79 bits per heavy atom. The second-order valence-corrected chi connectivity index (χ2v) is 3.38. The zero-order valence-electron chi connectivity index (χ0n) is 7.90. The molecule has 0 aliphatic heterocycles. The smallest absolute Gasteiger partial charge is 0.250 e. The number of aryl methyl sites for hydroxylation is 1. The SMILES string of the molecule is COc1ccc(C)cc1NNS(=O)O. The number of hydrogen-bond acceptors (Lipinski definition) is 3. The van der Waals surface area contributed by atoms with E-state index in [1.165, 1.54) is 7.11 Å². The van der Waals surface area contributed by atoms with E-state index < -0.39 is 11.3 Å². The summed E-state index contributed by atoms with van der Waals surface area (Å²) in [6, 6.07) is 5.47. The molecule has 0 saturated carbocycles. The van der Waals surface area contributed by atoms with Gasteiger partial charge in [-0.05, 0) is 24.6 Å². The van der Waals surface area contributed by atoms with Crippen LogP contribution >= 0.6 is 0 Å². The number of anilines is 1. The number of ether oxygens (including phenoxy) is 1. The van der Waals surface area contributed by atoms with Gasteiger partial charge in [0.25, 0.3) is 0 Å². The molecule has 14 heavy (non-hydrogen) atoms. The lowest BCUT2D eigenvalue weighted by atomic mass is 10.2. The summed E-state index contributed by atoms with van der Waals surface area (Å²) >= 11 is -2.10. The average Bonchev–Trinajstić information content (AvgIpc) is 2.15. The molecule has 78 valence electrons. The molecule has 0 radical (unpaired) electrons. The van der Waals surface area contributed by atoms with Crippen LogP contribution in [-0.4, -0.2) is 15.9 Å². The molecule has 1 aromatic rings. The quantitative estimate of drug-likeness (QED) is 0.520. The highest BCUT2D eigenvalue weighted by Crippen LogP contribution is 2.24. The second kappa shape index (κ2) is 4.94. The topological polar surface area (TPSA) is 70.6 Å². The van der Waals surface area contributed by atoms with Crippen LogP contribution in [0.2, 0.25) is 0 Å². The van der Waals surface area contributed by atoms with Gasteiger partial charge in [0.05, 0.1) is 12.8 Å². The standard InChI is InChI=1S/C8H12N2O3S/c1-6-3-4-8(13-2)7(5-6)9-10-14(11)12/h3-5,9-10H,1-2H3,(H,11,12). The Kier molecular flexibility index (Phi) is 3.87. The predicted octanol–water partition coefficient (Wildman–Crippen LogP) is 1.06. The highest BCUT2D eigenvalue weighted by Gasteiger charge is 2.02. The first-order chi connectivity index (χ1) is 6.63. The molecule has 0 aliphatic rings. The van der Waals surface area contributed by atoms with Crippen molar-refractivity contribution in [2.45, 2.75) is 6.92 Å². The van der Waals surface area contributed by atoms with E-state index in [0.717, 1.165) is 5.56 Å². The Morgan fingerprint density at radius 2 is 2.21 bits per heavy atom. The Hall–Kier alpha value is -1.11. The van der Waals surface area contributed by atoms with Gasteiger partial charge in [-0.15, -0.1) is 4.83 Å². The largest absolute Gasteiger partial charge is 0.495 e. The molecule has 0 aliphatic carbocycles. The Balaban J connectivity index is 2.82. The summed E-state index contributed by atoms with van der Waals surface area (Å²) in [5, 5.41) is 0. The molecule has 1 atom stereocenters. The van der Waals surface area contributed by atoms with Gasteiger partial charge in [-0.3, -0.25) is 4.55 Å². The molecular formula is C8H12N2O3S. The average molecular weight is 216 g/mol. The molecule has 1 unspecified atom stereocenters. The Morgan fingerprint density at radius 1 is 1.50 bits per heavy atom. The van der Waals surface area contributed by atoms with Gasteiger partial charge in [0.2, 0.25) is 11.3 Å². The highest BCUT2D eigenvalue weighted by atomic mass is 32.2. The van der Waals surface area contributed by atoms with Gasteiger partial charge in [-0.2, -0.15) is 0 Å². The van der Waals surface area contributed by atoms with Crippen LogP contribution in [0, 0.1) is 6.92 Å². The van der Waals surface area contributed by atoms with Crippen LogP contribution in [0.15, 0.2) is 18.2 Å². The number of hydrazine groups is 1. The van der Waals surface area contributed by atoms with Crippen LogP contribution in [0.5, 0.6) is 5.75 Å². The van der Waals surface area contributed by atoms with Gasteiger partial charge in [0.1, 0.15) is 5.75 Å². The number of rotatable bonds is 4. The van der Waals surface area contributed by atoms with Gasteiger partial charge >= 0.3 is 0 Å². The van der Waals surface area contributed by atoms with Crippen molar-refractivity contribution in [2.24, 2.45) is 0 Å². The number of benzene rings is 1. The van der Waals surface area contributed by atoms with E-state index in [-0.39, 0.29) is 0 Å². The van der Waals surface area contributed by atoms with Gasteiger partial charge in [-0.1, -0.05) is 6.07 Å². The van der Waals surface area contributed by atoms with Gasteiger partial charge < -0.3 is 10.2 Å². The van der Waals surface area contributed by atoms with Crippen LogP contribution < -0.4 is 15.0 Å². The van der Waals surface area contributed by atoms with Crippen LogP contribution in [0.25, 0.3) is 0 Å². The number of hydrogen-bond donors (Lipinski definition) is 3. The first-order valence-electron chi connectivity index (χ1n) is 3.90. The summed E-state index contributed by atoms with van der Waals surface area (Å²) in [5.74, 6) is 0.605. The maximum absolute atomic E-state index is 10.4. The van der Waals surface area contributed by atoms with E-state index >= 15 is 0 Å². The number of nitrogens with one attached hydrogen (secondary N) is 2. The van der Waals surface area contributed by atoms with Crippen molar-refractivity contribution in [2.75, 3.05) is 12.5 Å². The molecule has 0 amide bonds. The third-order valence-corrected chi connectivity index (χ3v) is 1.90. The molecular weight excluding hydrogens is 204 g/mol. The second-order valence-electron chi connectivity index (χ2n) is 2.68. The molecule has 6 heteroatoms. The van der Waals surface area contributed by atoms with Crippen molar-refractivity contribution in [3.63, 3.8) is 0 Å². The molecule has 0 heterocycles. The van der Waals surface area contributed by atoms with Crippen molar-refractivity contribution in [3.05, 3.63) is 23.8 Å². The van der Waals surface area contributed by atoms with Crippen molar-refractivity contribution < 1.29 is 13.5 Å². The lowest BCUT2D eigenvalue weighted by molar-refractivity contribution is 0.416. The Bertz CT molecular complexity index is 343. The number of methoxy groups -OCH3 is 1. The third kappa shape index (κ3) is 2.99. The Labute approximate surface area is 84.9 Å². The zero-order chi connectivity index (χ0) is 10.6. The third-order valence-electron chi connectivity index (χ3n) is 1.63. The molecule has 1 rings (SSSR count). The minimum atomic E-state index is -2.10. The van der Waals surface area contributed by atoms with E-state index in [2.05, 4.69) is 10.3 Å². The summed E-state index contributed by atoms with van der Waals surface area (Å²) < 4.78 is 23.9. The van der Waals surface area contributed by atoms with Crippen molar-refractivity contribution in [3.8, 4) is 5.75 Å². The van der Waals surface area contributed by atoms with Crippen molar-refractivity contribution in [1.29, 1.82) is 0 Å². The van der Waals surface area contributed by atoms with E-state index in [0.29, 0.717) is 11.4 Å². The molecule has 0 bridgehead atoms. The molecule has 0 saturated heterocycles. The summed E-state index contributed by atoms with van der Waals surface area (Å²) in [7, 11) is 1.53. The minimum absolute atomic E-state index is 0.605. The van der Waals surface area contributed by atoms with E-state index in [9.17, 15) is 4.21 Å². The van der Waals surface area contributed by atoms with Crippen LogP contribution in [0.1, 0.15) is 5.56 Å². The fraction of sp³-hybridized carbons (Fsp3) is 0.250. The van der Waals surface area contributed by atoms with Crippen molar-refractivity contribution in [1.82, 2.24) is 4.83 Å². The summed E-state index contributed by atoms with van der Waals surface area (Å²) in [6.07, 6.45) is 0. The maximum atomic E-state index is 10.4. The first kappa shape index (κ1) is 11.0. The fourth-order valence-corrected chi connectivity index (χ4v) is 1.22. The predicted molar refractivity (Wildman–Crippen MR) is 55.3 cm³/mol.